The van der Waals surface area contributed by atoms with Crippen LogP contribution >= 0.6 is 0 Å². The summed E-state index contributed by atoms with van der Waals surface area (Å²) in [4.78, 5) is 16.5. The lowest BCUT2D eigenvalue weighted by Crippen LogP contribution is -2.52. The van der Waals surface area contributed by atoms with Crippen LogP contribution in [0.5, 0.6) is 5.75 Å². The number of anilines is 1. The van der Waals surface area contributed by atoms with Crippen LogP contribution in [0.3, 0.4) is 0 Å². The molecule has 0 aromatic heterocycles. The van der Waals surface area contributed by atoms with Gasteiger partial charge in [-0.1, -0.05) is 6.92 Å². The van der Waals surface area contributed by atoms with Gasteiger partial charge in [0.25, 0.3) is 5.91 Å². The molecule has 5 nitrogen and oxygen atoms in total. The largest absolute Gasteiger partial charge is 0.484 e. The maximum atomic E-state index is 12.1. The number of carbonyl (C=O) groups is 1. The average molecular weight is 291 g/mol. The van der Waals surface area contributed by atoms with Crippen LogP contribution in [0.25, 0.3) is 0 Å². The zero-order valence-corrected chi connectivity index (χ0v) is 12.9. The molecule has 1 aliphatic rings. The van der Waals surface area contributed by atoms with Gasteiger partial charge in [-0.25, -0.2) is 0 Å². The molecule has 1 amide bonds. The summed E-state index contributed by atoms with van der Waals surface area (Å²) >= 11 is 0. The zero-order valence-electron chi connectivity index (χ0n) is 12.9. The zero-order chi connectivity index (χ0) is 15.2. The SMILES string of the molecule is CCC(C)N1CCN(C(=O)COc2ccc(N)cc2)CC1. The van der Waals surface area contributed by atoms with E-state index in [1.54, 1.807) is 24.3 Å². The van der Waals surface area contributed by atoms with E-state index in [-0.39, 0.29) is 12.5 Å². The first kappa shape index (κ1) is 15.6. The fourth-order valence-electron chi connectivity index (χ4n) is 2.47. The molecule has 0 aliphatic carbocycles. The maximum Gasteiger partial charge on any atom is 0.260 e. The Hall–Kier alpha value is -1.75. The highest BCUT2D eigenvalue weighted by molar-refractivity contribution is 5.77. The quantitative estimate of drug-likeness (QED) is 0.837. The molecule has 0 radical (unpaired) electrons. The number of ether oxygens (including phenoxy) is 1. The third-order valence-electron chi connectivity index (χ3n) is 4.12. The van der Waals surface area contributed by atoms with Crippen molar-refractivity contribution in [2.45, 2.75) is 26.3 Å². The second kappa shape index (κ2) is 7.31. The van der Waals surface area contributed by atoms with E-state index in [1.807, 2.05) is 4.90 Å². The molecule has 1 atom stereocenters. The average Bonchev–Trinajstić information content (AvgIpc) is 2.53. The lowest BCUT2D eigenvalue weighted by atomic mass is 10.2. The summed E-state index contributed by atoms with van der Waals surface area (Å²) in [6, 6.07) is 7.69. The van der Waals surface area contributed by atoms with Gasteiger partial charge < -0.3 is 15.4 Å². The Morgan fingerprint density at radius 1 is 1.24 bits per heavy atom. The molecule has 1 unspecified atom stereocenters. The van der Waals surface area contributed by atoms with E-state index in [0.29, 0.717) is 17.5 Å². The Morgan fingerprint density at radius 3 is 2.43 bits per heavy atom. The number of benzene rings is 1. The third-order valence-corrected chi connectivity index (χ3v) is 4.12. The molecule has 1 heterocycles. The molecule has 2 N–H and O–H groups in total. The van der Waals surface area contributed by atoms with Crippen molar-refractivity contribution in [3.8, 4) is 5.75 Å². The van der Waals surface area contributed by atoms with E-state index < -0.39 is 0 Å². The summed E-state index contributed by atoms with van der Waals surface area (Å²) in [5, 5.41) is 0. The second-order valence-electron chi connectivity index (χ2n) is 5.53. The molecule has 1 fully saturated rings. The van der Waals surface area contributed by atoms with Crippen molar-refractivity contribution in [2.75, 3.05) is 38.5 Å². The first-order chi connectivity index (χ1) is 10.1. The minimum absolute atomic E-state index is 0.0515. The van der Waals surface area contributed by atoms with Crippen LogP contribution in [0, 0.1) is 0 Å². The van der Waals surface area contributed by atoms with Gasteiger partial charge in [-0.3, -0.25) is 9.69 Å². The summed E-state index contributed by atoms with van der Waals surface area (Å²) in [6.45, 7) is 7.99. The van der Waals surface area contributed by atoms with E-state index in [0.717, 1.165) is 32.6 Å². The van der Waals surface area contributed by atoms with Crippen molar-refractivity contribution in [3.05, 3.63) is 24.3 Å². The third kappa shape index (κ3) is 4.36. The van der Waals surface area contributed by atoms with Crippen molar-refractivity contribution in [1.82, 2.24) is 9.80 Å². The normalized spacial score (nSPS) is 17.5. The summed E-state index contributed by atoms with van der Waals surface area (Å²) < 4.78 is 5.51. The highest BCUT2D eigenvalue weighted by Gasteiger charge is 2.23. The van der Waals surface area contributed by atoms with Gasteiger partial charge >= 0.3 is 0 Å². The Morgan fingerprint density at radius 2 is 1.86 bits per heavy atom. The maximum absolute atomic E-state index is 12.1. The number of carbonyl (C=O) groups excluding carboxylic acids is 1. The smallest absolute Gasteiger partial charge is 0.260 e. The lowest BCUT2D eigenvalue weighted by molar-refractivity contribution is -0.135. The highest BCUT2D eigenvalue weighted by Crippen LogP contribution is 2.14. The topological polar surface area (TPSA) is 58.8 Å². The Kier molecular flexibility index (Phi) is 5.44. The van der Waals surface area contributed by atoms with Crippen LogP contribution in [0.1, 0.15) is 20.3 Å². The summed E-state index contributed by atoms with van der Waals surface area (Å²) in [5.74, 6) is 0.728. The van der Waals surface area contributed by atoms with Gasteiger partial charge in [-0.2, -0.15) is 0 Å². The van der Waals surface area contributed by atoms with Gasteiger partial charge in [-0.15, -0.1) is 0 Å². The van der Waals surface area contributed by atoms with Crippen molar-refractivity contribution < 1.29 is 9.53 Å². The lowest BCUT2D eigenvalue weighted by Gasteiger charge is -2.37. The fourth-order valence-corrected chi connectivity index (χ4v) is 2.47. The summed E-state index contributed by atoms with van der Waals surface area (Å²) in [5.41, 5.74) is 6.30. The first-order valence-corrected chi connectivity index (χ1v) is 7.60. The highest BCUT2D eigenvalue weighted by atomic mass is 16.5. The van der Waals surface area contributed by atoms with Crippen LogP contribution < -0.4 is 10.5 Å². The standard InChI is InChI=1S/C16H25N3O2/c1-3-13(2)18-8-10-19(11-9-18)16(20)12-21-15-6-4-14(17)5-7-15/h4-7,13H,3,8-12,17H2,1-2H3. The number of piperazine rings is 1. The molecule has 21 heavy (non-hydrogen) atoms. The molecular formula is C16H25N3O2. The van der Waals surface area contributed by atoms with Crippen LogP contribution in [-0.2, 0) is 4.79 Å². The molecule has 2 rings (SSSR count). The van der Waals surface area contributed by atoms with Gasteiger partial charge in [0, 0.05) is 37.9 Å². The van der Waals surface area contributed by atoms with E-state index in [1.165, 1.54) is 0 Å². The Bertz CT molecular complexity index is 453. The van der Waals surface area contributed by atoms with Crippen LogP contribution in [-0.4, -0.2) is 54.5 Å². The molecule has 5 heteroatoms. The van der Waals surface area contributed by atoms with Gasteiger partial charge in [0.05, 0.1) is 0 Å². The number of hydrogen-bond donors (Lipinski definition) is 1. The number of nitrogen functional groups attached to an aromatic ring is 1. The summed E-state index contributed by atoms with van der Waals surface area (Å²) in [7, 11) is 0. The molecule has 116 valence electrons. The first-order valence-electron chi connectivity index (χ1n) is 7.60. The van der Waals surface area contributed by atoms with Gasteiger partial charge in [0.15, 0.2) is 6.61 Å². The van der Waals surface area contributed by atoms with E-state index >= 15 is 0 Å². The van der Waals surface area contributed by atoms with Crippen molar-refractivity contribution >= 4 is 11.6 Å². The summed E-state index contributed by atoms with van der Waals surface area (Å²) in [6.07, 6.45) is 1.15. The van der Waals surface area contributed by atoms with E-state index in [4.69, 9.17) is 10.5 Å². The second-order valence-corrected chi connectivity index (χ2v) is 5.53. The number of rotatable bonds is 5. The molecular weight excluding hydrogens is 266 g/mol. The molecule has 1 aliphatic heterocycles. The van der Waals surface area contributed by atoms with Gasteiger partial charge in [-0.05, 0) is 37.6 Å². The number of hydrogen-bond acceptors (Lipinski definition) is 4. The predicted octanol–water partition coefficient (Wildman–Crippen LogP) is 1.59. The number of nitrogens with two attached hydrogens (primary N) is 1. The minimum Gasteiger partial charge on any atom is -0.484 e. The molecule has 1 aromatic carbocycles. The van der Waals surface area contributed by atoms with Crippen LogP contribution in [0.4, 0.5) is 5.69 Å². The van der Waals surface area contributed by atoms with Gasteiger partial charge in [0.2, 0.25) is 0 Å². The molecule has 0 saturated carbocycles. The molecule has 0 spiro atoms. The van der Waals surface area contributed by atoms with Crippen molar-refractivity contribution in [2.24, 2.45) is 0 Å². The van der Waals surface area contributed by atoms with Crippen molar-refractivity contribution in [1.29, 1.82) is 0 Å². The monoisotopic (exact) mass is 291 g/mol. The van der Waals surface area contributed by atoms with Crippen LogP contribution in [0.2, 0.25) is 0 Å². The number of nitrogens with zero attached hydrogens (tertiary/aromatic N) is 2. The molecule has 0 bridgehead atoms. The minimum atomic E-state index is 0.0515. The molecule has 1 aromatic rings. The van der Waals surface area contributed by atoms with E-state index in [9.17, 15) is 4.79 Å². The van der Waals surface area contributed by atoms with E-state index in [2.05, 4.69) is 18.7 Å². The van der Waals surface area contributed by atoms with Gasteiger partial charge in [0.1, 0.15) is 5.75 Å². The van der Waals surface area contributed by atoms with Crippen LogP contribution in [0.15, 0.2) is 24.3 Å². The van der Waals surface area contributed by atoms with Crippen molar-refractivity contribution in [3.63, 3.8) is 0 Å². The fraction of sp³-hybridized carbons (Fsp3) is 0.562. The predicted molar refractivity (Wildman–Crippen MR) is 84.3 cm³/mol. The Balaban J connectivity index is 1.76. The molecule has 1 saturated heterocycles. The number of amides is 1. The Labute approximate surface area is 126 Å².